The van der Waals surface area contributed by atoms with E-state index in [2.05, 4.69) is 10.3 Å². The molecular formula is C2H4N3. The van der Waals surface area contributed by atoms with Crippen LogP contribution in [0.1, 0.15) is 6.92 Å². The summed E-state index contributed by atoms with van der Waals surface area (Å²) < 4.78 is 0. The van der Waals surface area contributed by atoms with Gasteiger partial charge in [0.1, 0.15) is 0 Å². The molecule has 0 aliphatic carbocycles. The van der Waals surface area contributed by atoms with Crippen LogP contribution in [0.15, 0.2) is 10.3 Å². The SMILES string of the molecule is CC=NN=[N]. The van der Waals surface area contributed by atoms with E-state index in [0.717, 1.165) is 0 Å². The highest BCUT2D eigenvalue weighted by molar-refractivity contribution is 5.52. The van der Waals surface area contributed by atoms with Crippen LogP contribution in [-0.4, -0.2) is 6.21 Å². The molecule has 0 aliphatic rings. The minimum Gasteiger partial charge on any atom is -0.142 e. The zero-order chi connectivity index (χ0) is 4.12. The molecular weight excluding hydrogens is 66.0 g/mol. The smallest absolute Gasteiger partial charge is 0.0258 e. The molecule has 0 rings (SSSR count). The van der Waals surface area contributed by atoms with Gasteiger partial charge >= 0.3 is 0 Å². The fourth-order valence-corrected chi connectivity index (χ4v) is 0.0516. The van der Waals surface area contributed by atoms with Crippen LogP contribution in [0.2, 0.25) is 0 Å². The highest BCUT2D eigenvalue weighted by Crippen LogP contribution is 1.54. The summed E-state index contributed by atoms with van der Waals surface area (Å²) in [6, 6.07) is 0. The monoisotopic (exact) mass is 70.0 g/mol. The van der Waals surface area contributed by atoms with E-state index in [4.69, 9.17) is 5.53 Å². The van der Waals surface area contributed by atoms with Gasteiger partial charge in [-0.25, -0.2) is 0 Å². The summed E-state index contributed by atoms with van der Waals surface area (Å²) >= 11 is 0. The second-order valence-electron chi connectivity index (χ2n) is 0.463. The van der Waals surface area contributed by atoms with Crippen molar-refractivity contribution in [2.45, 2.75) is 6.92 Å². The van der Waals surface area contributed by atoms with Crippen molar-refractivity contribution in [1.82, 2.24) is 5.53 Å². The van der Waals surface area contributed by atoms with Crippen LogP contribution < -0.4 is 5.53 Å². The van der Waals surface area contributed by atoms with Gasteiger partial charge in [-0.3, -0.25) is 0 Å². The lowest BCUT2D eigenvalue weighted by molar-refractivity contribution is 1.10. The van der Waals surface area contributed by atoms with Crippen molar-refractivity contribution in [3.8, 4) is 0 Å². The molecule has 0 saturated carbocycles. The first-order chi connectivity index (χ1) is 2.41. The zero-order valence-corrected chi connectivity index (χ0v) is 2.92. The Balaban J connectivity index is 2.92. The third kappa shape index (κ3) is 3.27. The van der Waals surface area contributed by atoms with Crippen LogP contribution in [0.4, 0.5) is 0 Å². The molecule has 0 spiro atoms. The molecule has 27 valence electrons. The molecule has 0 aromatic heterocycles. The van der Waals surface area contributed by atoms with Gasteiger partial charge in [0.25, 0.3) is 0 Å². The van der Waals surface area contributed by atoms with Crippen LogP contribution in [0.5, 0.6) is 0 Å². The minimum atomic E-state index is 1.39. The van der Waals surface area contributed by atoms with Crippen LogP contribution in [0.25, 0.3) is 0 Å². The van der Waals surface area contributed by atoms with E-state index in [1.54, 1.807) is 6.92 Å². The van der Waals surface area contributed by atoms with Gasteiger partial charge < -0.3 is 0 Å². The van der Waals surface area contributed by atoms with Crippen LogP contribution in [-0.2, 0) is 0 Å². The summed E-state index contributed by atoms with van der Waals surface area (Å²) in [6.45, 7) is 1.67. The Labute approximate surface area is 30.2 Å². The minimum absolute atomic E-state index is 1.39. The number of rotatable bonds is 1. The van der Waals surface area contributed by atoms with Gasteiger partial charge in [0.05, 0.1) is 0 Å². The number of nitrogens with zero attached hydrogens (tertiary/aromatic N) is 3. The third-order valence-electron chi connectivity index (χ3n) is 0.167. The van der Waals surface area contributed by atoms with E-state index in [-0.39, 0.29) is 0 Å². The second kappa shape index (κ2) is 3.27. The molecule has 0 amide bonds. The lowest BCUT2D eigenvalue weighted by Gasteiger charge is -1.54. The summed E-state index contributed by atoms with van der Waals surface area (Å²) in [4.78, 5) is 0. The van der Waals surface area contributed by atoms with Crippen molar-refractivity contribution >= 4 is 6.21 Å². The quantitative estimate of drug-likeness (QED) is 0.241. The van der Waals surface area contributed by atoms with E-state index in [9.17, 15) is 0 Å². The average molecular weight is 70.1 g/mol. The Morgan fingerprint density at radius 2 is 2.40 bits per heavy atom. The Morgan fingerprint density at radius 3 is 2.40 bits per heavy atom. The van der Waals surface area contributed by atoms with Gasteiger partial charge in [0.15, 0.2) is 0 Å². The summed E-state index contributed by atoms with van der Waals surface area (Å²) in [5.41, 5.74) is 7.49. The lowest BCUT2D eigenvalue weighted by atomic mass is 10.9. The van der Waals surface area contributed by atoms with E-state index < -0.39 is 0 Å². The maximum atomic E-state index is 7.49. The van der Waals surface area contributed by atoms with E-state index in [0.29, 0.717) is 0 Å². The summed E-state index contributed by atoms with van der Waals surface area (Å²) in [5.74, 6) is 0. The maximum Gasteiger partial charge on any atom is 0.0258 e. The highest BCUT2D eigenvalue weighted by Gasteiger charge is 1.44. The van der Waals surface area contributed by atoms with Gasteiger partial charge in [-0.05, 0) is 17.7 Å². The summed E-state index contributed by atoms with van der Waals surface area (Å²) in [7, 11) is 0. The van der Waals surface area contributed by atoms with Crippen LogP contribution >= 0.6 is 0 Å². The van der Waals surface area contributed by atoms with Gasteiger partial charge in [-0.15, -0.1) is 5.10 Å². The molecule has 3 heteroatoms. The molecule has 0 N–H and O–H groups in total. The van der Waals surface area contributed by atoms with E-state index in [1.807, 2.05) is 0 Å². The van der Waals surface area contributed by atoms with Gasteiger partial charge in [0, 0.05) is 6.21 Å². The molecule has 0 atom stereocenters. The molecule has 0 aromatic carbocycles. The van der Waals surface area contributed by atoms with Crippen molar-refractivity contribution in [3.63, 3.8) is 0 Å². The third-order valence-corrected chi connectivity index (χ3v) is 0.167. The molecule has 5 heavy (non-hydrogen) atoms. The fraction of sp³-hybridized carbons (Fsp3) is 0.500. The maximum absolute atomic E-state index is 7.49. The predicted octanol–water partition coefficient (Wildman–Crippen LogP) is 0.244. The number of hydrogen-bond donors (Lipinski definition) is 0. The lowest BCUT2D eigenvalue weighted by Crippen LogP contribution is -1.49. The van der Waals surface area contributed by atoms with E-state index in [1.165, 1.54) is 6.21 Å². The normalized spacial score (nSPS) is 9.00. The molecule has 0 aliphatic heterocycles. The first-order valence-corrected chi connectivity index (χ1v) is 1.24. The van der Waals surface area contributed by atoms with Crippen LogP contribution in [0, 0.1) is 0 Å². The Kier molecular flexibility index (Phi) is 2.79. The van der Waals surface area contributed by atoms with Crippen molar-refractivity contribution in [3.05, 3.63) is 0 Å². The predicted molar refractivity (Wildman–Crippen MR) is 18.7 cm³/mol. The molecule has 0 saturated heterocycles. The largest absolute Gasteiger partial charge is 0.142 e. The van der Waals surface area contributed by atoms with Crippen molar-refractivity contribution in [1.29, 1.82) is 0 Å². The number of hydrogen-bond acceptors (Lipinski definition) is 1. The first kappa shape index (κ1) is 4.27. The average Bonchev–Trinajstić information content (AvgIpc) is 1.41. The summed E-state index contributed by atoms with van der Waals surface area (Å²) in [5, 5.41) is 5.45. The Hall–Kier alpha value is -0.730. The van der Waals surface area contributed by atoms with Crippen LogP contribution in [0.3, 0.4) is 0 Å². The Bertz CT molecular complexity index is 46.9. The first-order valence-electron chi connectivity index (χ1n) is 1.24. The Morgan fingerprint density at radius 1 is 1.80 bits per heavy atom. The van der Waals surface area contributed by atoms with E-state index >= 15 is 0 Å². The molecule has 0 fully saturated rings. The topological polar surface area (TPSA) is 47.0 Å². The van der Waals surface area contributed by atoms with Gasteiger partial charge in [-0.1, -0.05) is 0 Å². The molecule has 0 unspecified atom stereocenters. The van der Waals surface area contributed by atoms with Gasteiger partial charge in [-0.2, -0.15) is 0 Å². The zero-order valence-electron chi connectivity index (χ0n) is 2.92. The molecule has 0 bridgehead atoms. The standard InChI is InChI=1S/C2H4N3/c1-2-4-5-3/h2H,1H3. The molecule has 3 nitrogen and oxygen atoms in total. The van der Waals surface area contributed by atoms with Crippen molar-refractivity contribution in [2.75, 3.05) is 0 Å². The highest BCUT2D eigenvalue weighted by atomic mass is 15.3. The fourth-order valence-electron chi connectivity index (χ4n) is 0.0516. The van der Waals surface area contributed by atoms with Gasteiger partial charge in [0.2, 0.25) is 0 Å². The second-order valence-corrected chi connectivity index (χ2v) is 0.463. The molecule has 0 aromatic rings. The molecule has 1 radical (unpaired) electrons. The molecule has 0 heterocycles. The van der Waals surface area contributed by atoms with Crippen molar-refractivity contribution in [2.24, 2.45) is 10.3 Å². The summed E-state index contributed by atoms with van der Waals surface area (Å²) in [6.07, 6.45) is 1.39. The van der Waals surface area contributed by atoms with Crippen molar-refractivity contribution < 1.29 is 0 Å².